The quantitative estimate of drug-likeness (QED) is 0.433. The van der Waals surface area contributed by atoms with Gasteiger partial charge in [-0.2, -0.15) is 0 Å². The number of amides is 1. The van der Waals surface area contributed by atoms with E-state index in [1.165, 1.54) is 6.07 Å². The summed E-state index contributed by atoms with van der Waals surface area (Å²) in [5, 5.41) is 13.2. The first-order chi connectivity index (χ1) is 17.6. The van der Waals surface area contributed by atoms with E-state index < -0.39 is 0 Å². The van der Waals surface area contributed by atoms with Crippen molar-refractivity contribution in [3.8, 4) is 11.5 Å². The molecule has 0 unspecified atom stereocenters. The molecule has 1 aromatic heterocycles. The summed E-state index contributed by atoms with van der Waals surface area (Å²) in [6, 6.07) is 19.5. The van der Waals surface area contributed by atoms with Gasteiger partial charge in [-0.3, -0.25) is 4.79 Å². The molecule has 1 fully saturated rings. The summed E-state index contributed by atoms with van der Waals surface area (Å²) < 4.78 is 24.8. The standard InChI is InChI=1S/C27H26FN5O3/c1-35-19-15-18(16-20(17-19)36-2)29-27(34)25-21-7-3-4-8-22(21)26(31-30-25)33-13-11-32(12-14-33)24-10-6-5-9-23(24)28/h3-10,15-17H,11-14H2,1-2H3,(H,29,34). The number of hydrogen-bond donors (Lipinski definition) is 1. The van der Waals surface area contributed by atoms with Gasteiger partial charge in [0.25, 0.3) is 5.91 Å². The number of fused-ring (bicyclic) bond motifs is 1. The van der Waals surface area contributed by atoms with Crippen LogP contribution in [0.1, 0.15) is 10.5 Å². The summed E-state index contributed by atoms with van der Waals surface area (Å²) in [6.45, 7) is 2.61. The monoisotopic (exact) mass is 487 g/mol. The number of piperazine rings is 1. The third kappa shape index (κ3) is 4.59. The Bertz CT molecular complexity index is 1380. The fourth-order valence-corrected chi connectivity index (χ4v) is 4.43. The average Bonchev–Trinajstić information content (AvgIpc) is 2.92. The lowest BCUT2D eigenvalue weighted by molar-refractivity contribution is 0.102. The number of methoxy groups -OCH3 is 2. The van der Waals surface area contributed by atoms with E-state index in [1.54, 1.807) is 44.6 Å². The zero-order valence-electron chi connectivity index (χ0n) is 20.1. The number of nitrogens with zero attached hydrogens (tertiary/aromatic N) is 4. The first-order valence-electron chi connectivity index (χ1n) is 11.6. The number of ether oxygens (including phenoxy) is 2. The summed E-state index contributed by atoms with van der Waals surface area (Å²) in [4.78, 5) is 17.4. The minimum atomic E-state index is -0.384. The molecule has 0 aliphatic carbocycles. The molecule has 0 spiro atoms. The zero-order valence-corrected chi connectivity index (χ0v) is 20.1. The van der Waals surface area contributed by atoms with Crippen LogP contribution in [0.15, 0.2) is 66.7 Å². The molecule has 36 heavy (non-hydrogen) atoms. The van der Waals surface area contributed by atoms with E-state index in [9.17, 15) is 9.18 Å². The smallest absolute Gasteiger partial charge is 0.276 e. The topological polar surface area (TPSA) is 79.8 Å². The van der Waals surface area contributed by atoms with Crippen LogP contribution in [0.5, 0.6) is 11.5 Å². The fraction of sp³-hybridized carbons (Fsp3) is 0.222. The maximum Gasteiger partial charge on any atom is 0.276 e. The molecule has 3 aromatic carbocycles. The number of halogens is 1. The third-order valence-electron chi connectivity index (χ3n) is 6.26. The largest absolute Gasteiger partial charge is 0.497 e. The number of nitrogens with one attached hydrogen (secondary N) is 1. The molecule has 1 N–H and O–H groups in total. The highest BCUT2D eigenvalue weighted by atomic mass is 19.1. The number of rotatable bonds is 6. The molecule has 9 heteroatoms. The van der Waals surface area contributed by atoms with Crippen LogP contribution in [0, 0.1) is 5.82 Å². The van der Waals surface area contributed by atoms with Crippen molar-refractivity contribution in [3.63, 3.8) is 0 Å². The van der Waals surface area contributed by atoms with Gasteiger partial charge >= 0.3 is 0 Å². The summed E-state index contributed by atoms with van der Waals surface area (Å²) in [5.41, 5.74) is 1.35. The molecule has 1 aliphatic rings. The van der Waals surface area contributed by atoms with E-state index in [0.29, 0.717) is 60.3 Å². The summed E-state index contributed by atoms with van der Waals surface area (Å²) in [7, 11) is 3.10. The van der Waals surface area contributed by atoms with E-state index in [1.807, 2.05) is 35.2 Å². The van der Waals surface area contributed by atoms with Crippen LogP contribution in [0.4, 0.5) is 21.6 Å². The highest BCUT2D eigenvalue weighted by Gasteiger charge is 2.24. The molecular weight excluding hydrogens is 461 g/mol. The highest BCUT2D eigenvalue weighted by molar-refractivity contribution is 6.12. The van der Waals surface area contributed by atoms with E-state index in [4.69, 9.17) is 9.47 Å². The van der Waals surface area contributed by atoms with E-state index in [2.05, 4.69) is 20.4 Å². The first kappa shape index (κ1) is 23.3. The van der Waals surface area contributed by atoms with Crippen LogP contribution in [0.25, 0.3) is 10.8 Å². The van der Waals surface area contributed by atoms with E-state index in [-0.39, 0.29) is 17.4 Å². The molecule has 1 saturated heterocycles. The van der Waals surface area contributed by atoms with Gasteiger partial charge < -0.3 is 24.6 Å². The van der Waals surface area contributed by atoms with Gasteiger partial charge in [-0.05, 0) is 12.1 Å². The maximum absolute atomic E-state index is 14.2. The van der Waals surface area contributed by atoms with Crippen molar-refractivity contribution < 1.29 is 18.7 Å². The Morgan fingerprint density at radius 1 is 0.833 bits per heavy atom. The fourth-order valence-electron chi connectivity index (χ4n) is 4.43. The normalized spacial score (nSPS) is 13.5. The molecule has 2 heterocycles. The number of carbonyl (C=O) groups excluding carboxylic acids is 1. The SMILES string of the molecule is COc1cc(NC(=O)c2nnc(N3CCN(c4ccccc4F)CC3)c3ccccc23)cc(OC)c1. The Morgan fingerprint density at radius 3 is 2.11 bits per heavy atom. The molecule has 0 bridgehead atoms. The molecule has 1 amide bonds. The van der Waals surface area contributed by atoms with Crippen LogP contribution in [-0.2, 0) is 0 Å². The molecule has 0 radical (unpaired) electrons. The maximum atomic E-state index is 14.2. The molecule has 8 nitrogen and oxygen atoms in total. The Labute approximate surface area is 208 Å². The number of para-hydroxylation sites is 1. The van der Waals surface area contributed by atoms with Crippen LogP contribution in [0.2, 0.25) is 0 Å². The summed E-state index contributed by atoms with van der Waals surface area (Å²) in [5.74, 6) is 1.22. The number of anilines is 3. The van der Waals surface area contributed by atoms with Crippen molar-refractivity contribution in [1.29, 1.82) is 0 Å². The Balaban J connectivity index is 1.39. The second-order valence-corrected chi connectivity index (χ2v) is 8.40. The third-order valence-corrected chi connectivity index (χ3v) is 6.26. The van der Waals surface area contributed by atoms with E-state index >= 15 is 0 Å². The molecule has 0 atom stereocenters. The van der Waals surface area contributed by atoms with Crippen molar-refractivity contribution in [1.82, 2.24) is 10.2 Å². The molecule has 5 rings (SSSR count). The second-order valence-electron chi connectivity index (χ2n) is 8.40. The minimum Gasteiger partial charge on any atom is -0.497 e. The van der Waals surface area contributed by atoms with Crippen molar-refractivity contribution >= 4 is 33.9 Å². The Kier molecular flexibility index (Phi) is 6.53. The van der Waals surface area contributed by atoms with Gasteiger partial charge in [-0.25, -0.2) is 4.39 Å². The predicted molar refractivity (Wildman–Crippen MR) is 138 cm³/mol. The lowest BCUT2D eigenvalue weighted by Gasteiger charge is -2.37. The van der Waals surface area contributed by atoms with Gasteiger partial charge in [-0.15, -0.1) is 10.2 Å². The summed E-state index contributed by atoms with van der Waals surface area (Å²) in [6.07, 6.45) is 0. The van der Waals surface area contributed by atoms with E-state index in [0.717, 1.165) is 5.39 Å². The molecule has 184 valence electrons. The van der Waals surface area contributed by atoms with Crippen LogP contribution in [-0.4, -0.2) is 56.5 Å². The van der Waals surface area contributed by atoms with Crippen LogP contribution >= 0.6 is 0 Å². The predicted octanol–water partition coefficient (Wildman–Crippen LogP) is 4.37. The van der Waals surface area contributed by atoms with Gasteiger partial charge in [0, 0.05) is 60.8 Å². The second kappa shape index (κ2) is 10.1. The van der Waals surface area contributed by atoms with Gasteiger partial charge in [0.15, 0.2) is 11.5 Å². The summed E-state index contributed by atoms with van der Waals surface area (Å²) >= 11 is 0. The van der Waals surface area contributed by atoms with Crippen LogP contribution in [0.3, 0.4) is 0 Å². The lowest BCUT2D eigenvalue weighted by atomic mass is 10.1. The minimum absolute atomic E-state index is 0.222. The van der Waals surface area contributed by atoms with Gasteiger partial charge in [0.1, 0.15) is 17.3 Å². The van der Waals surface area contributed by atoms with Gasteiger partial charge in [0.2, 0.25) is 0 Å². The lowest BCUT2D eigenvalue weighted by Crippen LogP contribution is -2.47. The Hall–Kier alpha value is -4.40. The Morgan fingerprint density at radius 2 is 1.44 bits per heavy atom. The van der Waals surface area contributed by atoms with Gasteiger partial charge in [0.05, 0.1) is 19.9 Å². The molecule has 4 aromatic rings. The molecule has 1 aliphatic heterocycles. The molecule has 0 saturated carbocycles. The number of hydrogen-bond acceptors (Lipinski definition) is 7. The number of carbonyl (C=O) groups is 1. The van der Waals surface area contributed by atoms with Crippen LogP contribution < -0.4 is 24.6 Å². The highest BCUT2D eigenvalue weighted by Crippen LogP contribution is 2.30. The van der Waals surface area contributed by atoms with Gasteiger partial charge in [-0.1, -0.05) is 36.4 Å². The van der Waals surface area contributed by atoms with Crippen molar-refractivity contribution in [2.24, 2.45) is 0 Å². The van der Waals surface area contributed by atoms with Crippen molar-refractivity contribution in [2.75, 3.05) is 55.5 Å². The number of benzene rings is 3. The van der Waals surface area contributed by atoms with Crippen molar-refractivity contribution in [3.05, 3.63) is 78.2 Å². The average molecular weight is 488 g/mol. The van der Waals surface area contributed by atoms with Crippen molar-refractivity contribution in [2.45, 2.75) is 0 Å². The molecular formula is C27H26FN5O3. The number of aromatic nitrogens is 2. The first-order valence-corrected chi connectivity index (χ1v) is 11.6. The zero-order chi connectivity index (χ0) is 25.1.